The average Bonchev–Trinajstić information content (AvgIpc) is 2.00. The Morgan fingerprint density at radius 1 is 1.21 bits per heavy atom. The highest BCUT2D eigenvalue weighted by molar-refractivity contribution is 5.81. The Morgan fingerprint density at radius 3 is 1.93 bits per heavy atom. The summed E-state index contributed by atoms with van der Waals surface area (Å²) in [5.41, 5.74) is -0.0709. The van der Waals surface area contributed by atoms with Gasteiger partial charge in [0.25, 0.3) is 0 Å². The molecule has 0 atom stereocenters. The first-order valence-electron chi connectivity index (χ1n) is 5.35. The van der Waals surface area contributed by atoms with Gasteiger partial charge in [0.15, 0.2) is 0 Å². The van der Waals surface area contributed by atoms with Crippen LogP contribution in [0.4, 0.5) is 0 Å². The topological polar surface area (TPSA) is 29.1 Å². The van der Waals surface area contributed by atoms with Crippen molar-refractivity contribution in [2.45, 2.75) is 48.0 Å². The summed E-state index contributed by atoms with van der Waals surface area (Å²) in [7, 11) is 1.70. The largest absolute Gasteiger partial charge is 0.359 e. The molecule has 0 bridgehead atoms. The Bertz CT molecular complexity index is 204. The zero-order chi connectivity index (χ0) is 11.6. The molecule has 1 amide bonds. The lowest BCUT2D eigenvalue weighted by Gasteiger charge is -2.36. The molecule has 0 fully saturated rings. The summed E-state index contributed by atoms with van der Waals surface area (Å²) < 4.78 is 0. The summed E-state index contributed by atoms with van der Waals surface area (Å²) in [6.07, 6.45) is 0.914. The van der Waals surface area contributed by atoms with E-state index < -0.39 is 0 Å². The third-order valence-electron chi connectivity index (χ3n) is 3.30. The van der Waals surface area contributed by atoms with Gasteiger partial charge in [-0.05, 0) is 17.8 Å². The van der Waals surface area contributed by atoms with Gasteiger partial charge in [-0.15, -0.1) is 0 Å². The zero-order valence-electron chi connectivity index (χ0n) is 10.7. The SMILES string of the molecule is CNC(=O)C(C)(C)CC(C)(C)C(C)C. The number of hydrogen-bond donors (Lipinski definition) is 1. The second-order valence-electron chi connectivity index (χ2n) is 5.78. The minimum atomic E-state index is -0.275. The van der Waals surface area contributed by atoms with E-state index in [1.807, 2.05) is 13.8 Å². The number of carbonyl (C=O) groups is 1. The number of carbonyl (C=O) groups excluding carboxylic acids is 1. The maximum absolute atomic E-state index is 11.6. The van der Waals surface area contributed by atoms with Crippen molar-refractivity contribution < 1.29 is 4.79 Å². The van der Waals surface area contributed by atoms with Crippen LogP contribution in [0.5, 0.6) is 0 Å². The van der Waals surface area contributed by atoms with Gasteiger partial charge in [-0.2, -0.15) is 0 Å². The van der Waals surface area contributed by atoms with E-state index in [4.69, 9.17) is 0 Å². The Kier molecular flexibility index (Phi) is 4.16. The highest BCUT2D eigenvalue weighted by Crippen LogP contribution is 2.38. The first-order valence-corrected chi connectivity index (χ1v) is 5.35. The lowest BCUT2D eigenvalue weighted by Crippen LogP contribution is -2.39. The van der Waals surface area contributed by atoms with Crippen LogP contribution in [-0.4, -0.2) is 13.0 Å². The lowest BCUT2D eigenvalue weighted by molar-refractivity contribution is -0.130. The van der Waals surface area contributed by atoms with Crippen molar-refractivity contribution in [2.75, 3.05) is 7.05 Å². The summed E-state index contributed by atoms with van der Waals surface area (Å²) in [6, 6.07) is 0. The van der Waals surface area contributed by atoms with Gasteiger partial charge in [-0.3, -0.25) is 4.79 Å². The Morgan fingerprint density at radius 2 is 1.64 bits per heavy atom. The van der Waals surface area contributed by atoms with Crippen molar-refractivity contribution in [3.05, 3.63) is 0 Å². The number of nitrogens with one attached hydrogen (secondary N) is 1. The average molecular weight is 199 g/mol. The summed E-state index contributed by atoms with van der Waals surface area (Å²) in [6.45, 7) is 12.9. The molecule has 0 aromatic heterocycles. The summed E-state index contributed by atoms with van der Waals surface area (Å²) >= 11 is 0. The van der Waals surface area contributed by atoms with Gasteiger partial charge in [-0.25, -0.2) is 0 Å². The molecule has 1 N–H and O–H groups in total. The highest BCUT2D eigenvalue weighted by Gasteiger charge is 2.35. The van der Waals surface area contributed by atoms with Gasteiger partial charge in [0, 0.05) is 12.5 Å². The fraction of sp³-hybridized carbons (Fsp3) is 0.917. The van der Waals surface area contributed by atoms with Crippen LogP contribution in [0, 0.1) is 16.7 Å². The molecule has 0 rings (SSSR count). The van der Waals surface area contributed by atoms with E-state index >= 15 is 0 Å². The molecule has 0 saturated carbocycles. The van der Waals surface area contributed by atoms with Crippen LogP contribution in [0.2, 0.25) is 0 Å². The number of amides is 1. The van der Waals surface area contributed by atoms with Crippen molar-refractivity contribution >= 4 is 5.91 Å². The molecule has 0 aromatic rings. The molecule has 2 nitrogen and oxygen atoms in total. The summed E-state index contributed by atoms with van der Waals surface area (Å²) in [5.74, 6) is 0.720. The van der Waals surface area contributed by atoms with E-state index in [1.165, 1.54) is 0 Å². The van der Waals surface area contributed by atoms with Crippen LogP contribution >= 0.6 is 0 Å². The molecule has 0 unspecified atom stereocenters. The molecule has 2 heteroatoms. The lowest BCUT2D eigenvalue weighted by atomic mass is 9.69. The molecule has 0 radical (unpaired) electrons. The van der Waals surface area contributed by atoms with E-state index in [-0.39, 0.29) is 16.7 Å². The van der Waals surface area contributed by atoms with Gasteiger partial charge >= 0.3 is 0 Å². The fourth-order valence-electron chi connectivity index (χ4n) is 1.76. The Hall–Kier alpha value is -0.530. The third kappa shape index (κ3) is 3.32. The Labute approximate surface area is 88.5 Å². The normalized spacial score (nSPS) is 13.1. The van der Waals surface area contributed by atoms with Crippen LogP contribution in [0.1, 0.15) is 48.0 Å². The molecule has 0 spiro atoms. The van der Waals surface area contributed by atoms with E-state index in [0.717, 1.165) is 6.42 Å². The minimum Gasteiger partial charge on any atom is -0.359 e. The van der Waals surface area contributed by atoms with E-state index in [2.05, 4.69) is 33.0 Å². The number of hydrogen-bond acceptors (Lipinski definition) is 1. The molecule has 0 aliphatic rings. The molecule has 0 aromatic carbocycles. The van der Waals surface area contributed by atoms with Crippen molar-refractivity contribution in [3.63, 3.8) is 0 Å². The van der Waals surface area contributed by atoms with Crippen molar-refractivity contribution in [1.82, 2.24) is 5.32 Å². The predicted octanol–water partition coefficient (Wildman–Crippen LogP) is 2.83. The molecule has 0 heterocycles. The molecular formula is C12H25NO. The van der Waals surface area contributed by atoms with Crippen molar-refractivity contribution in [1.29, 1.82) is 0 Å². The molecule has 0 saturated heterocycles. The van der Waals surface area contributed by atoms with Gasteiger partial charge < -0.3 is 5.32 Å². The molecule has 84 valence electrons. The standard InChI is InChI=1S/C12H25NO/c1-9(2)11(3,4)8-12(5,6)10(14)13-7/h9H,8H2,1-7H3,(H,13,14). The first kappa shape index (κ1) is 13.5. The van der Waals surface area contributed by atoms with Crippen molar-refractivity contribution in [3.8, 4) is 0 Å². The highest BCUT2D eigenvalue weighted by atomic mass is 16.2. The van der Waals surface area contributed by atoms with Crippen LogP contribution < -0.4 is 5.32 Å². The van der Waals surface area contributed by atoms with Gasteiger partial charge in [0.05, 0.1) is 0 Å². The summed E-state index contributed by atoms with van der Waals surface area (Å²) in [5, 5.41) is 2.73. The first-order chi connectivity index (χ1) is 6.13. The molecule has 14 heavy (non-hydrogen) atoms. The molecule has 0 aliphatic carbocycles. The smallest absolute Gasteiger partial charge is 0.225 e. The van der Waals surface area contributed by atoms with Crippen LogP contribution in [0.15, 0.2) is 0 Å². The van der Waals surface area contributed by atoms with Gasteiger partial charge in [0.1, 0.15) is 0 Å². The summed E-state index contributed by atoms with van der Waals surface area (Å²) in [4.78, 5) is 11.6. The maximum atomic E-state index is 11.6. The van der Waals surface area contributed by atoms with Gasteiger partial charge in [-0.1, -0.05) is 41.5 Å². The fourth-order valence-corrected chi connectivity index (χ4v) is 1.76. The quantitative estimate of drug-likeness (QED) is 0.741. The third-order valence-corrected chi connectivity index (χ3v) is 3.30. The van der Waals surface area contributed by atoms with Crippen LogP contribution in [0.25, 0.3) is 0 Å². The van der Waals surface area contributed by atoms with Crippen LogP contribution in [-0.2, 0) is 4.79 Å². The van der Waals surface area contributed by atoms with Crippen molar-refractivity contribution in [2.24, 2.45) is 16.7 Å². The number of rotatable bonds is 4. The maximum Gasteiger partial charge on any atom is 0.225 e. The monoisotopic (exact) mass is 199 g/mol. The molecule has 0 aliphatic heterocycles. The zero-order valence-corrected chi connectivity index (χ0v) is 10.7. The minimum absolute atomic E-state index is 0.131. The second kappa shape index (κ2) is 4.33. The van der Waals surface area contributed by atoms with E-state index in [0.29, 0.717) is 5.92 Å². The predicted molar refractivity (Wildman–Crippen MR) is 61.1 cm³/mol. The van der Waals surface area contributed by atoms with Gasteiger partial charge in [0.2, 0.25) is 5.91 Å². The van der Waals surface area contributed by atoms with Crippen LogP contribution in [0.3, 0.4) is 0 Å². The Balaban J connectivity index is 4.58. The second-order valence-corrected chi connectivity index (χ2v) is 5.78. The van der Waals surface area contributed by atoms with E-state index in [9.17, 15) is 4.79 Å². The molecular weight excluding hydrogens is 174 g/mol. The van der Waals surface area contributed by atoms with E-state index in [1.54, 1.807) is 7.05 Å².